The minimum Gasteiger partial charge on any atom is -0.495 e. The van der Waals surface area contributed by atoms with Crippen molar-refractivity contribution in [3.8, 4) is 5.75 Å². The number of carbonyl (C=O) groups excluding carboxylic acids is 2. The average Bonchev–Trinajstić information content (AvgIpc) is 3.05. The molecule has 0 saturated heterocycles. The lowest BCUT2D eigenvalue weighted by Crippen LogP contribution is -2.26. The highest BCUT2D eigenvalue weighted by molar-refractivity contribution is 6.14. The van der Waals surface area contributed by atoms with Crippen LogP contribution in [0.2, 0.25) is 0 Å². The molecule has 4 aromatic rings. The summed E-state index contributed by atoms with van der Waals surface area (Å²) in [5.41, 5.74) is 5.90. The highest BCUT2D eigenvalue weighted by Crippen LogP contribution is 2.39. The zero-order valence-corrected chi connectivity index (χ0v) is 19.5. The molecule has 35 heavy (non-hydrogen) atoms. The minimum absolute atomic E-state index is 0.191. The molecule has 6 heteroatoms. The van der Waals surface area contributed by atoms with E-state index in [-0.39, 0.29) is 11.8 Å². The normalized spacial score (nSPS) is 12.0. The molecule has 0 radical (unpaired) electrons. The lowest BCUT2D eigenvalue weighted by Gasteiger charge is -2.25. The summed E-state index contributed by atoms with van der Waals surface area (Å²) in [6.07, 6.45) is 0. The smallest absolute Gasteiger partial charge is 0.263 e. The van der Waals surface area contributed by atoms with Crippen LogP contribution in [-0.2, 0) is 6.54 Å². The van der Waals surface area contributed by atoms with Gasteiger partial charge in [0.2, 0.25) is 0 Å². The van der Waals surface area contributed by atoms with E-state index in [0.29, 0.717) is 29.1 Å². The van der Waals surface area contributed by atoms with Gasteiger partial charge in [-0.1, -0.05) is 48.5 Å². The van der Waals surface area contributed by atoms with Gasteiger partial charge in [-0.15, -0.1) is 0 Å². The summed E-state index contributed by atoms with van der Waals surface area (Å²) in [5.74, 6) is -0.0158. The molecule has 0 bridgehead atoms. The van der Waals surface area contributed by atoms with Gasteiger partial charge in [-0.25, -0.2) is 0 Å². The largest absolute Gasteiger partial charge is 0.495 e. The molecule has 0 unspecified atom stereocenters. The molecule has 4 aromatic carbocycles. The zero-order valence-electron chi connectivity index (χ0n) is 19.5. The number of fused-ring (bicyclic) bond motifs is 2. The number of rotatable bonds is 4. The van der Waals surface area contributed by atoms with Crippen LogP contribution in [0.4, 0.5) is 22.7 Å². The number of hydrogen-bond donors (Lipinski definition) is 2. The maximum Gasteiger partial charge on any atom is 0.263 e. The molecule has 1 heterocycles. The highest BCUT2D eigenvalue weighted by Gasteiger charge is 2.27. The van der Waals surface area contributed by atoms with Crippen LogP contribution in [0.5, 0.6) is 5.75 Å². The standard InChI is InChI=1S/C29H25N3O3/c1-19-9-3-5-11-22(19)28(33)31-24-16-15-20(17-27(24)35-2)29(34)32-25-13-7-4-10-21(25)18-30-23-12-6-8-14-26(23)32/h3-17,30H,18H2,1-2H3,(H,31,33). The van der Waals surface area contributed by atoms with Gasteiger partial charge in [-0.2, -0.15) is 0 Å². The van der Waals surface area contributed by atoms with Gasteiger partial charge in [-0.05, 0) is 60.5 Å². The van der Waals surface area contributed by atoms with Crippen LogP contribution < -0.4 is 20.3 Å². The van der Waals surface area contributed by atoms with Crippen LogP contribution in [0.15, 0.2) is 91.0 Å². The molecule has 1 aliphatic heterocycles. The predicted molar refractivity (Wildman–Crippen MR) is 139 cm³/mol. The van der Waals surface area contributed by atoms with E-state index in [1.54, 1.807) is 29.2 Å². The van der Waals surface area contributed by atoms with Crippen LogP contribution in [-0.4, -0.2) is 18.9 Å². The van der Waals surface area contributed by atoms with E-state index in [0.717, 1.165) is 28.2 Å². The van der Waals surface area contributed by atoms with Crippen molar-refractivity contribution in [2.45, 2.75) is 13.5 Å². The molecule has 0 fully saturated rings. The van der Waals surface area contributed by atoms with Crippen molar-refractivity contribution < 1.29 is 14.3 Å². The number of benzene rings is 4. The number of anilines is 4. The zero-order chi connectivity index (χ0) is 24.4. The van der Waals surface area contributed by atoms with Crippen LogP contribution in [0, 0.1) is 6.92 Å². The Labute approximate surface area is 204 Å². The summed E-state index contributed by atoms with van der Waals surface area (Å²) in [6, 6.07) is 28.1. The molecule has 174 valence electrons. The second-order valence-electron chi connectivity index (χ2n) is 8.32. The molecular weight excluding hydrogens is 438 g/mol. The van der Waals surface area contributed by atoms with E-state index in [4.69, 9.17) is 4.74 Å². The molecule has 1 aliphatic rings. The Bertz CT molecular complexity index is 1380. The third-order valence-electron chi connectivity index (χ3n) is 6.14. The Morgan fingerprint density at radius 3 is 2.40 bits per heavy atom. The Morgan fingerprint density at radius 2 is 1.60 bits per heavy atom. The van der Waals surface area contributed by atoms with Crippen molar-refractivity contribution in [2.75, 3.05) is 22.6 Å². The summed E-state index contributed by atoms with van der Waals surface area (Å²) < 4.78 is 5.56. The highest BCUT2D eigenvalue weighted by atomic mass is 16.5. The maximum atomic E-state index is 13.9. The van der Waals surface area contributed by atoms with Crippen LogP contribution in [0.3, 0.4) is 0 Å². The summed E-state index contributed by atoms with van der Waals surface area (Å²) in [5, 5.41) is 6.33. The Hall–Kier alpha value is -4.58. The van der Waals surface area contributed by atoms with Gasteiger partial charge in [0.05, 0.1) is 29.9 Å². The van der Waals surface area contributed by atoms with Gasteiger partial charge in [0, 0.05) is 17.7 Å². The first-order valence-corrected chi connectivity index (χ1v) is 11.4. The third kappa shape index (κ3) is 4.22. The lowest BCUT2D eigenvalue weighted by molar-refractivity contribution is 0.0997. The Balaban J connectivity index is 1.51. The second kappa shape index (κ2) is 9.35. The number of hydrogen-bond acceptors (Lipinski definition) is 4. The average molecular weight is 464 g/mol. The van der Waals surface area contributed by atoms with Gasteiger partial charge in [-0.3, -0.25) is 14.5 Å². The first-order chi connectivity index (χ1) is 17.1. The minimum atomic E-state index is -0.234. The van der Waals surface area contributed by atoms with E-state index in [1.165, 1.54) is 7.11 Å². The maximum absolute atomic E-state index is 13.9. The molecule has 6 nitrogen and oxygen atoms in total. The molecule has 0 atom stereocenters. The van der Waals surface area contributed by atoms with Gasteiger partial charge >= 0.3 is 0 Å². The van der Waals surface area contributed by atoms with Crippen LogP contribution in [0.1, 0.15) is 31.8 Å². The van der Waals surface area contributed by atoms with Crippen molar-refractivity contribution in [2.24, 2.45) is 0 Å². The van der Waals surface area contributed by atoms with Crippen LogP contribution >= 0.6 is 0 Å². The fraction of sp³-hybridized carbons (Fsp3) is 0.103. The Morgan fingerprint density at radius 1 is 0.886 bits per heavy atom. The number of aryl methyl sites for hydroxylation is 1. The van der Waals surface area contributed by atoms with Crippen molar-refractivity contribution in [1.82, 2.24) is 0 Å². The van der Waals surface area contributed by atoms with E-state index in [1.807, 2.05) is 73.7 Å². The number of para-hydroxylation sites is 3. The van der Waals surface area contributed by atoms with Gasteiger partial charge in [0.25, 0.3) is 11.8 Å². The number of nitrogens with one attached hydrogen (secondary N) is 2. The molecule has 0 aromatic heterocycles. The number of carbonyl (C=O) groups is 2. The molecule has 0 spiro atoms. The monoisotopic (exact) mass is 463 g/mol. The van der Waals surface area contributed by atoms with E-state index >= 15 is 0 Å². The third-order valence-corrected chi connectivity index (χ3v) is 6.14. The van der Waals surface area contributed by atoms with Crippen molar-refractivity contribution >= 4 is 34.6 Å². The lowest BCUT2D eigenvalue weighted by atomic mass is 10.1. The number of amides is 2. The van der Waals surface area contributed by atoms with E-state index < -0.39 is 0 Å². The fourth-order valence-electron chi connectivity index (χ4n) is 4.31. The fourth-order valence-corrected chi connectivity index (χ4v) is 4.31. The van der Waals surface area contributed by atoms with Gasteiger partial charge < -0.3 is 15.4 Å². The first-order valence-electron chi connectivity index (χ1n) is 11.4. The molecular formula is C29H25N3O3. The Kier molecular flexibility index (Phi) is 5.94. The van der Waals surface area contributed by atoms with E-state index in [2.05, 4.69) is 10.6 Å². The second-order valence-corrected chi connectivity index (χ2v) is 8.32. The first kappa shape index (κ1) is 22.2. The number of nitrogens with zero attached hydrogens (tertiary/aromatic N) is 1. The molecule has 2 N–H and O–H groups in total. The molecule has 5 rings (SSSR count). The van der Waals surface area contributed by atoms with Gasteiger partial charge in [0.1, 0.15) is 5.75 Å². The summed E-state index contributed by atoms with van der Waals surface area (Å²) >= 11 is 0. The summed E-state index contributed by atoms with van der Waals surface area (Å²) in [4.78, 5) is 28.5. The molecule has 0 saturated carbocycles. The SMILES string of the molecule is COc1cc(C(=O)N2c3ccccc3CNc3ccccc32)ccc1NC(=O)c1ccccc1C. The topological polar surface area (TPSA) is 70.7 Å². The molecule has 0 aliphatic carbocycles. The van der Waals surface area contributed by atoms with E-state index in [9.17, 15) is 9.59 Å². The van der Waals surface area contributed by atoms with Gasteiger partial charge in [0.15, 0.2) is 0 Å². The van der Waals surface area contributed by atoms with Crippen LogP contribution in [0.25, 0.3) is 0 Å². The van der Waals surface area contributed by atoms with Crippen molar-refractivity contribution in [3.63, 3.8) is 0 Å². The summed E-state index contributed by atoms with van der Waals surface area (Å²) in [6.45, 7) is 2.50. The quantitative estimate of drug-likeness (QED) is 0.380. The number of ether oxygens (including phenoxy) is 1. The molecule has 2 amide bonds. The number of methoxy groups -OCH3 is 1. The van der Waals surface area contributed by atoms with Crippen molar-refractivity contribution in [3.05, 3.63) is 113 Å². The summed E-state index contributed by atoms with van der Waals surface area (Å²) in [7, 11) is 1.52. The van der Waals surface area contributed by atoms with Crippen molar-refractivity contribution in [1.29, 1.82) is 0 Å². The predicted octanol–water partition coefficient (Wildman–Crippen LogP) is 6.16.